The minimum absolute atomic E-state index is 0.0284. The van der Waals surface area contributed by atoms with Gasteiger partial charge in [0.25, 0.3) is 5.56 Å². The normalized spacial score (nSPS) is 22.0. The van der Waals surface area contributed by atoms with Gasteiger partial charge in [-0.25, -0.2) is 4.68 Å². The summed E-state index contributed by atoms with van der Waals surface area (Å²) in [5.41, 5.74) is 1.41. The van der Waals surface area contributed by atoms with Crippen LogP contribution in [0.3, 0.4) is 0 Å². The molecule has 6 nitrogen and oxygen atoms in total. The molecule has 0 spiro atoms. The van der Waals surface area contributed by atoms with Crippen molar-refractivity contribution in [3.05, 3.63) is 51.9 Å². The Bertz CT molecular complexity index is 766. The number of rotatable bonds is 4. The van der Waals surface area contributed by atoms with Crippen molar-refractivity contribution in [1.82, 2.24) is 14.3 Å². The molecule has 0 radical (unpaired) electrons. The lowest BCUT2D eigenvalue weighted by Gasteiger charge is -2.37. The minimum Gasteiger partial charge on any atom is -0.393 e. The van der Waals surface area contributed by atoms with Gasteiger partial charge in [-0.3, -0.25) is 14.4 Å². The molecule has 130 valence electrons. The summed E-state index contributed by atoms with van der Waals surface area (Å²) in [6, 6.07) is 9.58. The molecule has 0 saturated carbocycles. The van der Waals surface area contributed by atoms with Crippen LogP contribution in [0.15, 0.2) is 35.1 Å². The van der Waals surface area contributed by atoms with Gasteiger partial charge in [-0.05, 0) is 38.4 Å². The Morgan fingerprint density at radius 1 is 1.25 bits per heavy atom. The van der Waals surface area contributed by atoms with E-state index in [1.807, 2.05) is 49.0 Å². The maximum atomic E-state index is 12.9. The third-order valence-corrected chi connectivity index (χ3v) is 4.98. The van der Waals surface area contributed by atoms with Crippen LogP contribution in [0.2, 0.25) is 0 Å². The van der Waals surface area contributed by atoms with Crippen molar-refractivity contribution < 1.29 is 10.2 Å². The fourth-order valence-electron chi connectivity index (χ4n) is 3.50. The quantitative estimate of drug-likeness (QED) is 0.870. The standard InChI is InChI=1S/C18H25N3O3/c1-14-16(11-20-10-6-9-18(24,12-20)13-22)17(23)21(19(14)2)15-7-4-3-5-8-15/h3-5,7-8,22,24H,6,9-13H2,1-2H3. The predicted molar refractivity (Wildman–Crippen MR) is 92.3 cm³/mol. The molecule has 1 aromatic heterocycles. The maximum Gasteiger partial charge on any atom is 0.276 e. The van der Waals surface area contributed by atoms with E-state index < -0.39 is 5.60 Å². The smallest absolute Gasteiger partial charge is 0.276 e. The van der Waals surface area contributed by atoms with Gasteiger partial charge in [0.1, 0.15) is 5.60 Å². The summed E-state index contributed by atoms with van der Waals surface area (Å²) in [7, 11) is 1.88. The number of nitrogens with zero attached hydrogens (tertiary/aromatic N) is 3. The van der Waals surface area contributed by atoms with Gasteiger partial charge in [-0.1, -0.05) is 18.2 Å². The monoisotopic (exact) mass is 331 g/mol. The maximum absolute atomic E-state index is 12.9. The van der Waals surface area contributed by atoms with Crippen LogP contribution in [0.1, 0.15) is 24.1 Å². The predicted octanol–water partition coefficient (Wildman–Crippen LogP) is 0.804. The topological polar surface area (TPSA) is 70.6 Å². The second-order valence-corrected chi connectivity index (χ2v) is 6.74. The van der Waals surface area contributed by atoms with Gasteiger partial charge < -0.3 is 10.2 Å². The third kappa shape index (κ3) is 3.05. The lowest BCUT2D eigenvalue weighted by atomic mass is 9.93. The fraction of sp³-hybridized carbons (Fsp3) is 0.500. The molecule has 3 rings (SSSR count). The Balaban J connectivity index is 1.91. The van der Waals surface area contributed by atoms with Crippen LogP contribution in [0.4, 0.5) is 0 Å². The molecule has 0 amide bonds. The number of aromatic nitrogens is 2. The number of β-amino-alcohol motifs (C(OH)–C–C–N with tert-alkyl or cyclic N) is 1. The molecule has 1 atom stereocenters. The molecule has 1 unspecified atom stereocenters. The average molecular weight is 331 g/mol. The van der Waals surface area contributed by atoms with E-state index in [-0.39, 0.29) is 12.2 Å². The summed E-state index contributed by atoms with van der Waals surface area (Å²) in [5.74, 6) is 0. The number of likely N-dealkylation sites (tertiary alicyclic amines) is 1. The molecule has 1 aliphatic rings. The van der Waals surface area contributed by atoms with Crippen LogP contribution >= 0.6 is 0 Å². The van der Waals surface area contributed by atoms with E-state index >= 15 is 0 Å². The van der Waals surface area contributed by atoms with E-state index in [4.69, 9.17) is 0 Å². The van der Waals surface area contributed by atoms with Crippen LogP contribution in [-0.2, 0) is 13.6 Å². The van der Waals surface area contributed by atoms with Crippen LogP contribution < -0.4 is 5.56 Å². The second-order valence-electron chi connectivity index (χ2n) is 6.74. The number of piperidine rings is 1. The minimum atomic E-state index is -1.06. The zero-order chi connectivity index (χ0) is 17.3. The van der Waals surface area contributed by atoms with Gasteiger partial charge in [0, 0.05) is 25.8 Å². The Hall–Kier alpha value is -1.89. The molecule has 24 heavy (non-hydrogen) atoms. The highest BCUT2D eigenvalue weighted by Gasteiger charge is 2.33. The van der Waals surface area contributed by atoms with Crippen LogP contribution in [0.25, 0.3) is 5.69 Å². The average Bonchev–Trinajstić information content (AvgIpc) is 2.79. The number of aliphatic hydroxyl groups excluding tert-OH is 1. The van der Waals surface area contributed by atoms with E-state index in [0.29, 0.717) is 19.5 Å². The first kappa shape index (κ1) is 17.0. The highest BCUT2D eigenvalue weighted by Crippen LogP contribution is 2.22. The van der Waals surface area contributed by atoms with Gasteiger partial charge >= 0.3 is 0 Å². The largest absolute Gasteiger partial charge is 0.393 e. The van der Waals surface area contributed by atoms with Gasteiger partial charge in [0.05, 0.1) is 17.9 Å². The van der Waals surface area contributed by atoms with Gasteiger partial charge in [0.2, 0.25) is 0 Å². The molecule has 2 heterocycles. The van der Waals surface area contributed by atoms with Gasteiger partial charge in [-0.15, -0.1) is 0 Å². The Labute approximate surface area is 141 Å². The summed E-state index contributed by atoms with van der Waals surface area (Å²) in [6.45, 7) is 3.40. The number of hydrogen-bond acceptors (Lipinski definition) is 4. The van der Waals surface area contributed by atoms with E-state index in [9.17, 15) is 15.0 Å². The van der Waals surface area contributed by atoms with Crippen molar-refractivity contribution in [2.24, 2.45) is 7.05 Å². The van der Waals surface area contributed by atoms with Gasteiger partial charge in [-0.2, -0.15) is 0 Å². The van der Waals surface area contributed by atoms with E-state index in [1.54, 1.807) is 4.68 Å². The van der Waals surface area contributed by atoms with Crippen LogP contribution in [0.5, 0.6) is 0 Å². The van der Waals surface area contributed by atoms with Crippen molar-refractivity contribution in [2.45, 2.75) is 31.9 Å². The van der Waals surface area contributed by atoms with Crippen molar-refractivity contribution >= 4 is 0 Å². The second kappa shape index (κ2) is 6.55. The number of aliphatic hydroxyl groups is 2. The van der Waals surface area contributed by atoms with Crippen molar-refractivity contribution in [3.63, 3.8) is 0 Å². The Morgan fingerprint density at radius 2 is 1.96 bits per heavy atom. The summed E-state index contributed by atoms with van der Waals surface area (Å²) in [4.78, 5) is 15.0. The summed E-state index contributed by atoms with van der Waals surface area (Å²) >= 11 is 0. The van der Waals surface area contributed by atoms with Gasteiger partial charge in [0.15, 0.2) is 0 Å². The zero-order valence-corrected chi connectivity index (χ0v) is 14.3. The molecule has 1 fully saturated rings. The van der Waals surface area contributed by atoms with Crippen molar-refractivity contribution in [2.75, 3.05) is 19.7 Å². The molecule has 1 aliphatic heterocycles. The van der Waals surface area contributed by atoms with Crippen molar-refractivity contribution in [3.8, 4) is 5.69 Å². The number of para-hydroxylation sites is 1. The Kier molecular flexibility index (Phi) is 4.62. The van der Waals surface area contributed by atoms with Crippen molar-refractivity contribution in [1.29, 1.82) is 0 Å². The lowest BCUT2D eigenvalue weighted by Crippen LogP contribution is -2.50. The SMILES string of the molecule is Cc1c(CN2CCCC(O)(CO)C2)c(=O)n(-c2ccccc2)n1C. The first-order chi connectivity index (χ1) is 11.4. The molecular formula is C18H25N3O3. The molecule has 2 aromatic rings. The van der Waals surface area contributed by atoms with Crippen LogP contribution in [0, 0.1) is 6.92 Å². The van der Waals surface area contributed by atoms with Crippen LogP contribution in [-0.4, -0.2) is 49.8 Å². The lowest BCUT2D eigenvalue weighted by molar-refractivity contribution is -0.0688. The fourth-order valence-corrected chi connectivity index (χ4v) is 3.50. The molecule has 6 heteroatoms. The highest BCUT2D eigenvalue weighted by atomic mass is 16.3. The molecular weight excluding hydrogens is 306 g/mol. The summed E-state index contributed by atoms with van der Waals surface area (Å²) in [6.07, 6.45) is 1.41. The molecule has 0 bridgehead atoms. The first-order valence-corrected chi connectivity index (χ1v) is 8.34. The highest BCUT2D eigenvalue weighted by molar-refractivity contribution is 5.33. The first-order valence-electron chi connectivity index (χ1n) is 8.34. The van der Waals surface area contributed by atoms with E-state index in [2.05, 4.69) is 4.90 Å². The Morgan fingerprint density at radius 3 is 2.62 bits per heavy atom. The van der Waals surface area contributed by atoms with E-state index in [0.717, 1.165) is 29.9 Å². The number of hydrogen-bond donors (Lipinski definition) is 2. The van der Waals surface area contributed by atoms with E-state index in [1.165, 1.54) is 0 Å². The zero-order valence-electron chi connectivity index (χ0n) is 14.3. The number of benzene rings is 1. The summed E-state index contributed by atoms with van der Waals surface area (Å²) in [5, 5.41) is 19.7. The molecule has 2 N–H and O–H groups in total. The molecule has 0 aliphatic carbocycles. The molecule has 1 aromatic carbocycles. The summed E-state index contributed by atoms with van der Waals surface area (Å²) < 4.78 is 3.54. The molecule has 1 saturated heterocycles. The third-order valence-electron chi connectivity index (χ3n) is 4.98.